The second kappa shape index (κ2) is 9.55. The highest BCUT2D eigenvalue weighted by Crippen LogP contribution is 2.37. The van der Waals surface area contributed by atoms with Gasteiger partial charge in [0.2, 0.25) is 0 Å². The van der Waals surface area contributed by atoms with Crippen molar-refractivity contribution in [2.75, 3.05) is 7.11 Å². The number of urea groups is 1. The van der Waals surface area contributed by atoms with Gasteiger partial charge in [0.1, 0.15) is 0 Å². The second-order valence-electron chi connectivity index (χ2n) is 7.72. The van der Waals surface area contributed by atoms with E-state index < -0.39 is 18.0 Å². The summed E-state index contributed by atoms with van der Waals surface area (Å²) in [4.78, 5) is 25.7. The fraction of sp³-hybridized carbons (Fsp3) is 0.333. The molecule has 31 heavy (non-hydrogen) atoms. The van der Waals surface area contributed by atoms with Crippen molar-refractivity contribution in [2.45, 2.75) is 45.9 Å². The highest BCUT2D eigenvalue weighted by Gasteiger charge is 2.35. The molecule has 0 saturated carbocycles. The average Bonchev–Trinajstić information content (AvgIpc) is 2.72. The number of esters is 1. The molecule has 0 fully saturated rings. The maximum atomic E-state index is 13.1. The van der Waals surface area contributed by atoms with Crippen LogP contribution in [0.4, 0.5) is 4.79 Å². The van der Waals surface area contributed by atoms with Crippen LogP contribution in [0.15, 0.2) is 54.1 Å². The molecule has 0 aromatic heterocycles. The van der Waals surface area contributed by atoms with Crippen molar-refractivity contribution in [3.05, 3.63) is 65.2 Å². The molecular weight excluding hydrogens is 396 g/mol. The largest absolute Gasteiger partial charge is 0.493 e. The second-order valence-corrected chi connectivity index (χ2v) is 7.72. The van der Waals surface area contributed by atoms with Gasteiger partial charge >= 0.3 is 12.0 Å². The minimum atomic E-state index is -0.726. The van der Waals surface area contributed by atoms with E-state index in [9.17, 15) is 9.59 Å². The molecule has 164 valence electrons. The van der Waals surface area contributed by atoms with Gasteiger partial charge in [-0.1, -0.05) is 36.4 Å². The Morgan fingerprint density at radius 1 is 0.968 bits per heavy atom. The summed E-state index contributed by atoms with van der Waals surface area (Å²) in [5.74, 6) is 0.588. The smallest absolute Gasteiger partial charge is 0.338 e. The Morgan fingerprint density at radius 2 is 1.68 bits per heavy atom. The Morgan fingerprint density at radius 3 is 2.29 bits per heavy atom. The normalized spacial score (nSPS) is 16.1. The third-order valence-corrected chi connectivity index (χ3v) is 4.58. The molecule has 0 saturated heterocycles. The van der Waals surface area contributed by atoms with Gasteiger partial charge in [-0.05, 0) is 51.0 Å². The number of nitrogens with one attached hydrogen (secondary N) is 2. The van der Waals surface area contributed by atoms with Gasteiger partial charge in [0.05, 0.1) is 36.6 Å². The van der Waals surface area contributed by atoms with Crippen LogP contribution in [0.5, 0.6) is 11.5 Å². The van der Waals surface area contributed by atoms with Crippen molar-refractivity contribution in [2.24, 2.45) is 0 Å². The summed E-state index contributed by atoms with van der Waals surface area (Å²) in [7, 11) is 1.56. The van der Waals surface area contributed by atoms with Crippen molar-refractivity contribution < 1.29 is 23.8 Å². The molecule has 0 radical (unpaired) electrons. The van der Waals surface area contributed by atoms with Crippen LogP contribution in [0.1, 0.15) is 44.9 Å². The summed E-state index contributed by atoms with van der Waals surface area (Å²) in [6.07, 6.45) is -0.390. The fourth-order valence-electron chi connectivity index (χ4n) is 3.36. The minimum absolute atomic E-state index is 0.0763. The molecule has 1 atom stereocenters. The number of hydrogen-bond acceptors (Lipinski definition) is 5. The number of ether oxygens (including phenoxy) is 3. The molecule has 0 aliphatic carbocycles. The molecule has 1 unspecified atom stereocenters. The van der Waals surface area contributed by atoms with Crippen LogP contribution in [-0.2, 0) is 9.53 Å². The molecule has 2 aromatic rings. The van der Waals surface area contributed by atoms with Crippen LogP contribution in [-0.4, -0.2) is 31.3 Å². The van der Waals surface area contributed by atoms with Gasteiger partial charge in [0.25, 0.3) is 0 Å². The van der Waals surface area contributed by atoms with Gasteiger partial charge in [0.15, 0.2) is 11.5 Å². The summed E-state index contributed by atoms with van der Waals surface area (Å²) < 4.78 is 16.8. The molecule has 1 heterocycles. The SMILES string of the molecule is COc1ccc(C2NC(=O)NC(c3ccccc3)=C2C(=O)OC(C)C)cc1OC(C)C. The zero-order chi connectivity index (χ0) is 22.5. The monoisotopic (exact) mass is 424 g/mol. The Labute approximate surface area is 182 Å². The number of carbonyl (C=O) groups excluding carboxylic acids is 2. The number of hydrogen-bond donors (Lipinski definition) is 2. The summed E-state index contributed by atoms with van der Waals surface area (Å²) >= 11 is 0. The summed E-state index contributed by atoms with van der Waals surface area (Å²) in [6.45, 7) is 7.40. The van der Waals surface area contributed by atoms with Crippen LogP contribution < -0.4 is 20.1 Å². The maximum Gasteiger partial charge on any atom is 0.338 e. The van der Waals surface area contributed by atoms with Crippen molar-refractivity contribution in [1.29, 1.82) is 0 Å². The van der Waals surface area contributed by atoms with Crippen LogP contribution >= 0.6 is 0 Å². The highest BCUT2D eigenvalue weighted by atomic mass is 16.5. The number of rotatable bonds is 7. The van der Waals surface area contributed by atoms with E-state index in [-0.39, 0.29) is 12.2 Å². The molecule has 2 aromatic carbocycles. The third-order valence-electron chi connectivity index (χ3n) is 4.58. The lowest BCUT2D eigenvalue weighted by Crippen LogP contribution is -2.45. The van der Waals surface area contributed by atoms with E-state index in [2.05, 4.69) is 10.6 Å². The molecule has 2 amide bonds. The number of amides is 2. The molecule has 0 spiro atoms. The lowest BCUT2D eigenvalue weighted by molar-refractivity contribution is -0.143. The molecule has 7 heteroatoms. The molecule has 2 N–H and O–H groups in total. The van der Waals surface area contributed by atoms with Crippen LogP contribution in [0.25, 0.3) is 5.70 Å². The highest BCUT2D eigenvalue weighted by molar-refractivity contribution is 6.04. The Hall–Kier alpha value is -3.48. The first-order valence-electron chi connectivity index (χ1n) is 10.2. The van der Waals surface area contributed by atoms with Crippen molar-refractivity contribution >= 4 is 17.7 Å². The van der Waals surface area contributed by atoms with Crippen molar-refractivity contribution in [3.8, 4) is 11.5 Å². The predicted molar refractivity (Wildman–Crippen MR) is 118 cm³/mol. The van der Waals surface area contributed by atoms with Gasteiger partial charge in [-0.2, -0.15) is 0 Å². The molecular formula is C24H28N2O5. The maximum absolute atomic E-state index is 13.1. The summed E-state index contributed by atoms with van der Waals surface area (Å²) in [5, 5.41) is 5.63. The molecule has 7 nitrogen and oxygen atoms in total. The van der Waals surface area contributed by atoms with E-state index in [4.69, 9.17) is 14.2 Å². The zero-order valence-corrected chi connectivity index (χ0v) is 18.4. The Bertz CT molecular complexity index is 983. The number of benzene rings is 2. The van der Waals surface area contributed by atoms with Crippen molar-refractivity contribution in [1.82, 2.24) is 10.6 Å². The van der Waals surface area contributed by atoms with E-state index in [0.717, 1.165) is 0 Å². The number of methoxy groups -OCH3 is 1. The van der Waals surface area contributed by atoms with E-state index in [1.54, 1.807) is 39.2 Å². The first-order valence-corrected chi connectivity index (χ1v) is 10.2. The number of carbonyl (C=O) groups is 2. The third kappa shape index (κ3) is 5.17. The van der Waals surface area contributed by atoms with E-state index in [1.165, 1.54) is 0 Å². The van der Waals surface area contributed by atoms with Gasteiger partial charge in [-0.15, -0.1) is 0 Å². The van der Waals surface area contributed by atoms with Gasteiger partial charge < -0.3 is 24.8 Å². The van der Waals surface area contributed by atoms with E-state index >= 15 is 0 Å². The average molecular weight is 424 g/mol. The van der Waals surface area contributed by atoms with Gasteiger partial charge in [0, 0.05) is 0 Å². The van der Waals surface area contributed by atoms with E-state index in [1.807, 2.05) is 44.2 Å². The molecule has 1 aliphatic heterocycles. The first kappa shape index (κ1) is 22.2. The van der Waals surface area contributed by atoms with Gasteiger partial charge in [-0.3, -0.25) is 0 Å². The van der Waals surface area contributed by atoms with Crippen LogP contribution in [0.3, 0.4) is 0 Å². The Balaban J connectivity index is 2.16. The summed E-state index contributed by atoms with van der Waals surface area (Å²) in [6, 6.07) is 13.4. The first-order chi connectivity index (χ1) is 14.8. The van der Waals surface area contributed by atoms with Crippen LogP contribution in [0, 0.1) is 0 Å². The molecule has 1 aliphatic rings. The predicted octanol–water partition coefficient (Wildman–Crippen LogP) is 4.20. The fourth-order valence-corrected chi connectivity index (χ4v) is 3.36. The van der Waals surface area contributed by atoms with Gasteiger partial charge in [-0.25, -0.2) is 9.59 Å². The molecule has 0 bridgehead atoms. The van der Waals surface area contributed by atoms with Crippen LogP contribution in [0.2, 0.25) is 0 Å². The lowest BCUT2D eigenvalue weighted by Gasteiger charge is -2.30. The van der Waals surface area contributed by atoms with E-state index in [0.29, 0.717) is 33.9 Å². The topological polar surface area (TPSA) is 85.9 Å². The standard InChI is InChI=1S/C24H28N2O5/c1-14(2)30-19-13-17(11-12-18(19)29-5)22-20(23(27)31-15(3)4)21(25-24(28)26-22)16-9-7-6-8-10-16/h6-15,22H,1-5H3,(H2,25,26,28). The summed E-state index contributed by atoms with van der Waals surface area (Å²) in [5.41, 5.74) is 2.13. The minimum Gasteiger partial charge on any atom is -0.493 e. The Kier molecular flexibility index (Phi) is 6.84. The lowest BCUT2D eigenvalue weighted by atomic mass is 9.92. The zero-order valence-electron chi connectivity index (χ0n) is 18.4. The quantitative estimate of drug-likeness (QED) is 0.651. The molecule has 3 rings (SSSR count). The van der Waals surface area contributed by atoms with Crippen molar-refractivity contribution in [3.63, 3.8) is 0 Å².